The number of nitrogens with one attached hydrogen (secondary N) is 1. The fourth-order valence-electron chi connectivity index (χ4n) is 2.97. The largest absolute Gasteiger partial charge is 0.465 e. The molecule has 1 aromatic carbocycles. The number of methoxy groups -OCH3 is 1. The van der Waals surface area contributed by atoms with Crippen molar-refractivity contribution in [2.75, 3.05) is 27.2 Å². The number of allylic oxidation sites excluding steroid dienone is 1. The molecule has 6 nitrogen and oxygen atoms in total. The minimum atomic E-state index is -0.394. The third kappa shape index (κ3) is 3.72. The number of hydrogen-bond donors (Lipinski definition) is 1. The van der Waals surface area contributed by atoms with Gasteiger partial charge < -0.3 is 19.9 Å². The van der Waals surface area contributed by atoms with Crippen LogP contribution in [0, 0.1) is 0 Å². The van der Waals surface area contributed by atoms with Gasteiger partial charge in [-0.3, -0.25) is 4.79 Å². The number of thiocarbonyl (C=S) groups is 1. The van der Waals surface area contributed by atoms with E-state index in [0.717, 1.165) is 11.3 Å². The van der Waals surface area contributed by atoms with Crippen molar-refractivity contribution in [3.63, 3.8) is 0 Å². The van der Waals surface area contributed by atoms with Crippen LogP contribution in [-0.2, 0) is 9.53 Å². The Balaban J connectivity index is 2.48. The highest BCUT2D eigenvalue weighted by Crippen LogP contribution is 2.31. The predicted octanol–water partition coefficient (Wildman–Crippen LogP) is 2.48. The van der Waals surface area contributed by atoms with Gasteiger partial charge in [0.25, 0.3) is 5.91 Å². The summed E-state index contributed by atoms with van der Waals surface area (Å²) in [5, 5.41) is 3.80. The van der Waals surface area contributed by atoms with E-state index >= 15 is 0 Å². The molecule has 7 heteroatoms. The van der Waals surface area contributed by atoms with E-state index in [0.29, 0.717) is 29.3 Å². The molecule has 0 saturated carbocycles. The van der Waals surface area contributed by atoms with E-state index in [2.05, 4.69) is 5.32 Å². The van der Waals surface area contributed by atoms with Gasteiger partial charge in [-0.1, -0.05) is 12.1 Å². The first-order chi connectivity index (χ1) is 12.3. The molecule has 1 aliphatic rings. The molecule has 1 heterocycles. The molecule has 0 aromatic heterocycles. The van der Waals surface area contributed by atoms with E-state index in [1.165, 1.54) is 7.11 Å². The zero-order valence-electron chi connectivity index (χ0n) is 15.8. The van der Waals surface area contributed by atoms with Gasteiger partial charge in [0.15, 0.2) is 5.11 Å². The van der Waals surface area contributed by atoms with E-state index in [1.807, 2.05) is 44.9 Å². The number of esters is 1. The quantitative estimate of drug-likeness (QED) is 0.630. The van der Waals surface area contributed by atoms with Crippen molar-refractivity contribution in [2.45, 2.75) is 26.8 Å². The number of amides is 1. The SMILES string of the molecule is CCN(CC)C(=O)C1=C(C)N(C)C(=S)NC1c1ccc(C(=O)OC)cc1. The Hall–Kier alpha value is -2.41. The second kappa shape index (κ2) is 8.31. The van der Waals surface area contributed by atoms with Crippen LogP contribution in [0.1, 0.15) is 42.7 Å². The first-order valence-electron chi connectivity index (χ1n) is 8.58. The maximum absolute atomic E-state index is 13.1. The molecule has 0 fully saturated rings. The van der Waals surface area contributed by atoms with Crippen molar-refractivity contribution in [1.29, 1.82) is 0 Å². The van der Waals surface area contributed by atoms with Gasteiger partial charge in [-0.25, -0.2) is 4.79 Å². The molecule has 1 amide bonds. The summed E-state index contributed by atoms with van der Waals surface area (Å²) in [7, 11) is 3.19. The number of ether oxygens (including phenoxy) is 1. The van der Waals surface area contributed by atoms with Crippen LogP contribution in [0.5, 0.6) is 0 Å². The number of likely N-dealkylation sites (N-methyl/N-ethyl adjacent to an activating group) is 1. The summed E-state index contributed by atoms with van der Waals surface area (Å²) in [6.45, 7) is 7.09. The van der Waals surface area contributed by atoms with Crippen LogP contribution in [-0.4, -0.2) is 54.0 Å². The highest BCUT2D eigenvalue weighted by molar-refractivity contribution is 7.80. The Bertz CT molecular complexity index is 739. The first-order valence-corrected chi connectivity index (χ1v) is 8.99. The minimum absolute atomic E-state index is 0.0172. The second-order valence-electron chi connectivity index (χ2n) is 6.03. The molecule has 1 aliphatic heterocycles. The Morgan fingerprint density at radius 2 is 1.81 bits per heavy atom. The predicted molar refractivity (Wildman–Crippen MR) is 105 cm³/mol. The summed E-state index contributed by atoms with van der Waals surface area (Å²) in [5.74, 6) is -0.411. The molecule has 0 radical (unpaired) electrons. The van der Waals surface area contributed by atoms with E-state index < -0.39 is 5.97 Å². The van der Waals surface area contributed by atoms with Crippen molar-refractivity contribution >= 4 is 29.2 Å². The average molecular weight is 375 g/mol. The van der Waals surface area contributed by atoms with Gasteiger partial charge in [-0.15, -0.1) is 0 Å². The van der Waals surface area contributed by atoms with Gasteiger partial charge in [0.1, 0.15) is 0 Å². The van der Waals surface area contributed by atoms with Gasteiger partial charge in [-0.05, 0) is 50.7 Å². The Morgan fingerprint density at radius 1 is 1.23 bits per heavy atom. The van der Waals surface area contributed by atoms with E-state index in [9.17, 15) is 9.59 Å². The maximum Gasteiger partial charge on any atom is 0.337 e. The topological polar surface area (TPSA) is 61.9 Å². The van der Waals surface area contributed by atoms with Gasteiger partial charge in [0.2, 0.25) is 0 Å². The van der Waals surface area contributed by atoms with Gasteiger partial charge in [0, 0.05) is 25.8 Å². The van der Waals surface area contributed by atoms with Gasteiger partial charge in [0.05, 0.1) is 24.3 Å². The highest BCUT2D eigenvalue weighted by Gasteiger charge is 2.34. The zero-order valence-corrected chi connectivity index (χ0v) is 16.6. The molecule has 26 heavy (non-hydrogen) atoms. The molecule has 0 spiro atoms. The van der Waals surface area contributed by atoms with Crippen molar-refractivity contribution in [2.24, 2.45) is 0 Å². The molecule has 0 saturated heterocycles. The fraction of sp³-hybridized carbons (Fsp3) is 0.421. The Kier molecular flexibility index (Phi) is 6.37. The summed E-state index contributed by atoms with van der Waals surface area (Å²) >= 11 is 5.41. The summed E-state index contributed by atoms with van der Waals surface area (Å²) in [6, 6.07) is 6.66. The highest BCUT2D eigenvalue weighted by atomic mass is 32.1. The minimum Gasteiger partial charge on any atom is -0.465 e. The maximum atomic E-state index is 13.1. The first kappa shape index (κ1) is 19.9. The normalized spacial score (nSPS) is 17.0. The van der Waals surface area contributed by atoms with E-state index in [-0.39, 0.29) is 11.9 Å². The zero-order chi connectivity index (χ0) is 19.4. The number of rotatable bonds is 5. The molecule has 1 atom stereocenters. The number of benzene rings is 1. The van der Waals surface area contributed by atoms with Crippen molar-refractivity contribution < 1.29 is 14.3 Å². The summed E-state index contributed by atoms with van der Waals surface area (Å²) in [5.41, 5.74) is 2.82. The van der Waals surface area contributed by atoms with Crippen molar-refractivity contribution in [3.8, 4) is 0 Å². The van der Waals surface area contributed by atoms with Crippen molar-refractivity contribution in [3.05, 3.63) is 46.7 Å². The lowest BCUT2D eigenvalue weighted by molar-refractivity contribution is -0.127. The Morgan fingerprint density at radius 3 is 2.31 bits per heavy atom. The molecule has 1 unspecified atom stereocenters. The molecule has 2 rings (SSSR count). The third-order valence-corrected chi connectivity index (χ3v) is 5.09. The molecule has 140 valence electrons. The fourth-order valence-corrected chi connectivity index (χ4v) is 3.23. The summed E-state index contributed by atoms with van der Waals surface area (Å²) in [6.07, 6.45) is 0. The van der Waals surface area contributed by atoms with Crippen LogP contribution in [0.4, 0.5) is 0 Å². The average Bonchev–Trinajstić information content (AvgIpc) is 2.66. The standard InChI is InChI=1S/C19H25N3O3S/c1-6-22(7-2)17(23)15-12(3)21(4)19(26)20-16(15)13-8-10-14(11-9-13)18(24)25-5/h8-11,16H,6-7H2,1-5H3,(H,20,26). The molecule has 0 bridgehead atoms. The summed E-state index contributed by atoms with van der Waals surface area (Å²) < 4.78 is 4.74. The smallest absolute Gasteiger partial charge is 0.337 e. The molecule has 0 aliphatic carbocycles. The number of carbonyl (C=O) groups is 2. The van der Waals surface area contributed by atoms with Gasteiger partial charge in [-0.2, -0.15) is 0 Å². The Labute approximate surface area is 159 Å². The summed E-state index contributed by atoms with van der Waals surface area (Å²) in [4.78, 5) is 28.4. The lowest BCUT2D eigenvalue weighted by atomic mass is 9.93. The van der Waals surface area contributed by atoms with E-state index in [4.69, 9.17) is 17.0 Å². The number of carbonyl (C=O) groups excluding carboxylic acids is 2. The number of nitrogens with zero attached hydrogens (tertiary/aromatic N) is 2. The van der Waals surface area contributed by atoms with Crippen LogP contribution < -0.4 is 5.32 Å². The van der Waals surface area contributed by atoms with Gasteiger partial charge >= 0.3 is 5.97 Å². The molecular formula is C19H25N3O3S. The third-order valence-electron chi connectivity index (χ3n) is 4.70. The van der Waals surface area contributed by atoms with Crippen molar-refractivity contribution in [1.82, 2.24) is 15.1 Å². The van der Waals surface area contributed by atoms with Crippen LogP contribution in [0.25, 0.3) is 0 Å². The second-order valence-corrected chi connectivity index (χ2v) is 6.42. The molecule has 1 aromatic rings. The van der Waals surface area contributed by atoms with Crippen LogP contribution >= 0.6 is 12.2 Å². The monoisotopic (exact) mass is 375 g/mol. The lowest BCUT2D eigenvalue weighted by Gasteiger charge is -2.37. The molecular weight excluding hydrogens is 350 g/mol. The van der Waals surface area contributed by atoms with Crippen LogP contribution in [0.2, 0.25) is 0 Å². The van der Waals surface area contributed by atoms with E-state index in [1.54, 1.807) is 17.0 Å². The van der Waals surface area contributed by atoms with Crippen LogP contribution in [0.15, 0.2) is 35.5 Å². The number of hydrogen-bond acceptors (Lipinski definition) is 4. The molecule has 1 N–H and O–H groups in total. The lowest BCUT2D eigenvalue weighted by Crippen LogP contribution is -2.48. The van der Waals surface area contributed by atoms with Crippen LogP contribution in [0.3, 0.4) is 0 Å².